The number of hydrogen-bond donors (Lipinski definition) is 1. The normalized spacial score (nSPS) is 26.2. The minimum atomic E-state index is -0.840. The summed E-state index contributed by atoms with van der Waals surface area (Å²) in [5, 5.41) is 9.97. The molecule has 1 aromatic carbocycles. The molecule has 0 aliphatic carbocycles. The summed E-state index contributed by atoms with van der Waals surface area (Å²) in [6.07, 6.45) is 3.60. The number of fused-ring (bicyclic) bond motifs is 1. The predicted octanol–water partition coefficient (Wildman–Crippen LogP) is 2.37. The van der Waals surface area contributed by atoms with Crippen LogP contribution in [0, 0.1) is 0 Å². The van der Waals surface area contributed by atoms with E-state index < -0.39 is 5.41 Å². The Kier molecular flexibility index (Phi) is 6.02. The van der Waals surface area contributed by atoms with Gasteiger partial charge in [-0.3, -0.25) is 4.79 Å². The molecular weight excluding hydrogens is 382 g/mol. The lowest BCUT2D eigenvalue weighted by molar-refractivity contribution is -0.124. The number of piperidine rings is 2. The zero-order valence-electron chi connectivity index (χ0n) is 18.0. The molecule has 3 aliphatic rings. The van der Waals surface area contributed by atoms with Gasteiger partial charge in [-0.1, -0.05) is 18.2 Å². The second-order valence-corrected chi connectivity index (χ2v) is 8.87. The molecule has 0 aromatic heterocycles. The lowest BCUT2D eigenvalue weighted by Crippen LogP contribution is -2.53. The van der Waals surface area contributed by atoms with E-state index in [1.165, 1.54) is 0 Å². The fourth-order valence-electron chi connectivity index (χ4n) is 5.29. The Hall–Kier alpha value is -2.12. The van der Waals surface area contributed by atoms with Gasteiger partial charge in [-0.05, 0) is 51.2 Å². The minimum Gasteiger partial charge on any atom is -0.450 e. The number of carbonyl (C=O) groups is 2. The number of aliphatic hydroxyl groups is 1. The van der Waals surface area contributed by atoms with E-state index in [4.69, 9.17) is 4.74 Å². The number of rotatable bonds is 4. The molecule has 7 nitrogen and oxygen atoms in total. The highest BCUT2D eigenvalue weighted by Crippen LogP contribution is 2.43. The molecule has 2 fully saturated rings. The summed E-state index contributed by atoms with van der Waals surface area (Å²) in [5.41, 5.74) is 1.06. The van der Waals surface area contributed by atoms with Crippen LogP contribution >= 0.6 is 0 Å². The van der Waals surface area contributed by atoms with E-state index in [2.05, 4.69) is 4.90 Å². The first-order chi connectivity index (χ1) is 14.5. The summed E-state index contributed by atoms with van der Waals surface area (Å²) < 4.78 is 5.12. The number of hydrogen-bond acceptors (Lipinski definition) is 5. The average Bonchev–Trinajstić information content (AvgIpc) is 3.02. The number of nitrogens with zero attached hydrogens (tertiary/aromatic N) is 3. The van der Waals surface area contributed by atoms with Crippen molar-refractivity contribution in [1.29, 1.82) is 0 Å². The van der Waals surface area contributed by atoms with Gasteiger partial charge in [-0.25, -0.2) is 4.79 Å². The number of benzene rings is 1. The first kappa shape index (κ1) is 21.1. The Labute approximate surface area is 178 Å². The Balaban J connectivity index is 1.37. The standard InChI is InChI=1S/C23H33N3O4/c1-3-30-22(29)25-14-8-17(9-15-25)24-12-10-18(11-13-24)26-20-7-5-4-6-19(20)23(2,16-27)21(26)28/h4-7,17-18,27H,3,8-16H2,1-2H3. The molecule has 3 aliphatic heterocycles. The molecule has 1 unspecified atom stereocenters. The third kappa shape index (κ3) is 3.58. The Bertz CT molecular complexity index is 784. The van der Waals surface area contributed by atoms with Crippen molar-refractivity contribution in [2.24, 2.45) is 0 Å². The zero-order valence-corrected chi connectivity index (χ0v) is 18.0. The van der Waals surface area contributed by atoms with Crippen molar-refractivity contribution in [1.82, 2.24) is 9.80 Å². The summed E-state index contributed by atoms with van der Waals surface area (Å²) in [6, 6.07) is 8.54. The van der Waals surface area contributed by atoms with Gasteiger partial charge in [0.2, 0.25) is 5.91 Å². The number of likely N-dealkylation sites (tertiary alicyclic amines) is 2. The maximum Gasteiger partial charge on any atom is 0.409 e. The monoisotopic (exact) mass is 415 g/mol. The highest BCUT2D eigenvalue weighted by molar-refractivity contribution is 6.08. The van der Waals surface area contributed by atoms with E-state index in [0.29, 0.717) is 12.6 Å². The van der Waals surface area contributed by atoms with Gasteiger partial charge in [-0.15, -0.1) is 0 Å². The van der Waals surface area contributed by atoms with Crippen LogP contribution in [-0.2, 0) is 14.9 Å². The molecule has 0 bridgehead atoms. The summed E-state index contributed by atoms with van der Waals surface area (Å²) in [6.45, 7) is 7.33. The van der Waals surface area contributed by atoms with Gasteiger partial charge < -0.3 is 24.5 Å². The average molecular weight is 416 g/mol. The van der Waals surface area contributed by atoms with Crippen molar-refractivity contribution in [3.8, 4) is 0 Å². The van der Waals surface area contributed by atoms with E-state index in [1.54, 1.807) is 0 Å². The van der Waals surface area contributed by atoms with E-state index >= 15 is 0 Å². The van der Waals surface area contributed by atoms with E-state index in [-0.39, 0.29) is 24.6 Å². The summed E-state index contributed by atoms with van der Waals surface area (Å²) in [7, 11) is 0. The topological polar surface area (TPSA) is 73.3 Å². The molecule has 4 rings (SSSR count). The first-order valence-corrected chi connectivity index (χ1v) is 11.2. The van der Waals surface area contributed by atoms with Crippen molar-refractivity contribution < 1.29 is 19.4 Å². The van der Waals surface area contributed by atoms with Crippen molar-refractivity contribution in [3.63, 3.8) is 0 Å². The smallest absolute Gasteiger partial charge is 0.409 e. The molecule has 1 atom stereocenters. The van der Waals surface area contributed by atoms with E-state index in [1.807, 2.05) is 47.9 Å². The number of ether oxygens (including phenoxy) is 1. The molecule has 1 aromatic rings. The highest BCUT2D eigenvalue weighted by atomic mass is 16.6. The fourth-order valence-corrected chi connectivity index (χ4v) is 5.29. The third-order valence-corrected chi connectivity index (χ3v) is 7.14. The maximum atomic E-state index is 13.3. The molecule has 2 amide bonds. The third-order valence-electron chi connectivity index (χ3n) is 7.14. The molecule has 0 saturated carbocycles. The van der Waals surface area contributed by atoms with Crippen LogP contribution in [0.2, 0.25) is 0 Å². The van der Waals surface area contributed by atoms with Crippen LogP contribution in [0.15, 0.2) is 24.3 Å². The number of aliphatic hydroxyl groups excluding tert-OH is 1. The van der Waals surface area contributed by atoms with Crippen molar-refractivity contribution in [2.75, 3.05) is 44.3 Å². The summed E-state index contributed by atoms with van der Waals surface area (Å²) in [4.78, 5) is 31.5. The number of anilines is 1. The molecule has 164 valence electrons. The highest BCUT2D eigenvalue weighted by Gasteiger charge is 2.49. The van der Waals surface area contributed by atoms with Crippen LogP contribution in [0.1, 0.15) is 45.1 Å². The van der Waals surface area contributed by atoms with Crippen LogP contribution in [0.4, 0.5) is 10.5 Å². The van der Waals surface area contributed by atoms with Crippen molar-refractivity contribution in [2.45, 2.75) is 57.0 Å². The van der Waals surface area contributed by atoms with Gasteiger partial charge in [0.15, 0.2) is 0 Å². The van der Waals surface area contributed by atoms with Gasteiger partial charge in [0, 0.05) is 44.0 Å². The van der Waals surface area contributed by atoms with Crippen molar-refractivity contribution in [3.05, 3.63) is 29.8 Å². The van der Waals surface area contributed by atoms with Crippen LogP contribution < -0.4 is 4.90 Å². The van der Waals surface area contributed by atoms with Crippen LogP contribution in [0.5, 0.6) is 0 Å². The first-order valence-electron chi connectivity index (χ1n) is 11.2. The Morgan fingerprint density at radius 3 is 2.37 bits per heavy atom. The van der Waals surface area contributed by atoms with Crippen LogP contribution in [0.25, 0.3) is 0 Å². The summed E-state index contributed by atoms with van der Waals surface area (Å²) in [5.74, 6) is 0.0207. The fraction of sp³-hybridized carbons (Fsp3) is 0.652. The largest absolute Gasteiger partial charge is 0.450 e. The van der Waals surface area contributed by atoms with Crippen LogP contribution in [-0.4, -0.2) is 78.4 Å². The van der Waals surface area contributed by atoms with Gasteiger partial charge in [0.25, 0.3) is 0 Å². The minimum absolute atomic E-state index is 0.0207. The lowest BCUT2D eigenvalue weighted by Gasteiger charge is -2.43. The van der Waals surface area contributed by atoms with Gasteiger partial charge in [0.05, 0.1) is 18.6 Å². The number of amides is 2. The molecule has 0 radical (unpaired) electrons. The quantitative estimate of drug-likeness (QED) is 0.817. The maximum absolute atomic E-state index is 13.3. The molecule has 7 heteroatoms. The van der Waals surface area contributed by atoms with E-state index in [9.17, 15) is 14.7 Å². The number of para-hydroxylation sites is 1. The zero-order chi connectivity index (χ0) is 21.3. The lowest BCUT2D eigenvalue weighted by atomic mass is 9.85. The second kappa shape index (κ2) is 8.55. The van der Waals surface area contributed by atoms with Gasteiger partial charge in [0.1, 0.15) is 0 Å². The molecule has 30 heavy (non-hydrogen) atoms. The van der Waals surface area contributed by atoms with Crippen molar-refractivity contribution >= 4 is 17.7 Å². The Morgan fingerprint density at radius 1 is 1.10 bits per heavy atom. The number of carbonyl (C=O) groups excluding carboxylic acids is 2. The Morgan fingerprint density at radius 2 is 1.73 bits per heavy atom. The van der Waals surface area contributed by atoms with E-state index in [0.717, 1.165) is 63.1 Å². The summed E-state index contributed by atoms with van der Waals surface area (Å²) >= 11 is 0. The molecule has 2 saturated heterocycles. The van der Waals surface area contributed by atoms with Crippen LogP contribution in [0.3, 0.4) is 0 Å². The molecular formula is C23H33N3O4. The predicted molar refractivity (Wildman–Crippen MR) is 115 cm³/mol. The van der Waals surface area contributed by atoms with Gasteiger partial charge >= 0.3 is 6.09 Å². The molecule has 1 N–H and O–H groups in total. The SMILES string of the molecule is CCOC(=O)N1CCC(N2CCC(N3C(=O)C(C)(CO)c4ccccc43)CC2)CC1. The van der Waals surface area contributed by atoms with Gasteiger partial charge in [-0.2, -0.15) is 0 Å². The molecule has 3 heterocycles. The molecule has 0 spiro atoms. The second-order valence-electron chi connectivity index (χ2n) is 8.87.